The molecule has 1 saturated heterocycles. The highest BCUT2D eigenvalue weighted by molar-refractivity contribution is 6.31. The molecule has 0 spiro atoms. The summed E-state index contributed by atoms with van der Waals surface area (Å²) in [5.41, 5.74) is 0.197. The van der Waals surface area contributed by atoms with Gasteiger partial charge in [0.2, 0.25) is 0 Å². The Morgan fingerprint density at radius 1 is 1.29 bits per heavy atom. The van der Waals surface area contributed by atoms with Crippen LogP contribution >= 0.6 is 11.6 Å². The molecule has 0 atom stereocenters. The summed E-state index contributed by atoms with van der Waals surface area (Å²) in [6, 6.07) is 3.83. The van der Waals surface area contributed by atoms with Crippen molar-refractivity contribution in [2.45, 2.75) is 12.8 Å². The summed E-state index contributed by atoms with van der Waals surface area (Å²) < 4.78 is 0. The molecule has 0 aliphatic carbocycles. The number of carboxylic acids is 1. The first kappa shape index (κ1) is 15.6. The summed E-state index contributed by atoms with van der Waals surface area (Å²) in [5.74, 6) is -1.11. The van der Waals surface area contributed by atoms with E-state index in [2.05, 4.69) is 15.5 Å². The minimum Gasteiger partial charge on any atom is -0.478 e. The predicted octanol–water partition coefficient (Wildman–Crippen LogP) is 2.26. The zero-order chi connectivity index (χ0) is 15.2. The monoisotopic (exact) mass is 311 g/mol. The number of carbonyl (C=O) groups is 2. The van der Waals surface area contributed by atoms with E-state index in [4.69, 9.17) is 16.7 Å². The van der Waals surface area contributed by atoms with E-state index in [-0.39, 0.29) is 11.3 Å². The number of nitrogens with one attached hydrogen (secondary N) is 2. The van der Waals surface area contributed by atoms with Crippen molar-refractivity contribution in [3.63, 3.8) is 0 Å². The van der Waals surface area contributed by atoms with Crippen molar-refractivity contribution in [3.8, 4) is 0 Å². The number of urea groups is 1. The number of hydrogen-bond donors (Lipinski definition) is 3. The van der Waals surface area contributed by atoms with Crippen LogP contribution in [0.15, 0.2) is 18.2 Å². The molecule has 1 aliphatic heterocycles. The maximum Gasteiger partial charge on any atom is 0.337 e. The smallest absolute Gasteiger partial charge is 0.337 e. The molecule has 0 aromatic heterocycles. The molecule has 0 radical (unpaired) electrons. The van der Waals surface area contributed by atoms with Gasteiger partial charge in [-0.1, -0.05) is 11.6 Å². The van der Waals surface area contributed by atoms with E-state index in [0.29, 0.717) is 11.6 Å². The Kier molecular flexibility index (Phi) is 5.41. The molecular weight excluding hydrogens is 294 g/mol. The van der Waals surface area contributed by atoms with Crippen LogP contribution in [0.3, 0.4) is 0 Å². The fourth-order valence-electron chi connectivity index (χ4n) is 2.31. The van der Waals surface area contributed by atoms with Crippen LogP contribution in [0.5, 0.6) is 0 Å². The van der Waals surface area contributed by atoms with Crippen LogP contribution in [-0.4, -0.2) is 48.2 Å². The van der Waals surface area contributed by atoms with Crippen LogP contribution in [0.4, 0.5) is 10.5 Å². The molecule has 1 aromatic carbocycles. The third kappa shape index (κ3) is 4.61. The Morgan fingerprint density at radius 3 is 2.67 bits per heavy atom. The van der Waals surface area contributed by atoms with Crippen LogP contribution in [-0.2, 0) is 0 Å². The number of halogens is 1. The lowest BCUT2D eigenvalue weighted by molar-refractivity contribution is 0.0698. The number of hydrogen-bond acceptors (Lipinski definition) is 3. The Balaban J connectivity index is 1.86. The molecule has 2 rings (SSSR count). The molecule has 6 nitrogen and oxygen atoms in total. The molecule has 1 aliphatic rings. The van der Waals surface area contributed by atoms with Crippen molar-refractivity contribution < 1.29 is 14.7 Å². The maximum atomic E-state index is 11.8. The number of likely N-dealkylation sites (tertiary alicyclic amines) is 1. The number of benzene rings is 1. The van der Waals surface area contributed by atoms with E-state index in [1.807, 2.05) is 0 Å². The number of amides is 2. The molecule has 1 fully saturated rings. The number of anilines is 1. The standard InChI is InChI=1S/C14H18ClN3O3/c15-10-3-4-11(13(19)20)12(9-10)17-14(21)16-5-8-18-6-1-2-7-18/h3-4,9H,1-2,5-8H2,(H,19,20)(H2,16,17,21). The fraction of sp³-hybridized carbons (Fsp3) is 0.429. The van der Waals surface area contributed by atoms with Gasteiger partial charge in [0.1, 0.15) is 0 Å². The fourth-order valence-corrected chi connectivity index (χ4v) is 2.48. The average Bonchev–Trinajstić information content (AvgIpc) is 2.91. The number of carbonyl (C=O) groups excluding carboxylic acids is 1. The molecule has 7 heteroatoms. The molecule has 0 bridgehead atoms. The minimum absolute atomic E-state index is 0.00842. The van der Waals surface area contributed by atoms with E-state index in [1.165, 1.54) is 31.0 Å². The molecule has 114 valence electrons. The number of aromatic carboxylic acids is 1. The van der Waals surface area contributed by atoms with Gasteiger partial charge in [-0.3, -0.25) is 0 Å². The molecule has 1 heterocycles. The Morgan fingerprint density at radius 2 is 2.00 bits per heavy atom. The molecule has 3 N–H and O–H groups in total. The van der Waals surface area contributed by atoms with Crippen molar-refractivity contribution in [2.24, 2.45) is 0 Å². The predicted molar refractivity (Wildman–Crippen MR) is 81.1 cm³/mol. The molecule has 0 saturated carbocycles. The highest BCUT2D eigenvalue weighted by Crippen LogP contribution is 2.21. The quantitative estimate of drug-likeness (QED) is 0.779. The van der Waals surface area contributed by atoms with Crippen molar-refractivity contribution >= 4 is 29.3 Å². The van der Waals surface area contributed by atoms with Crippen LogP contribution in [0.1, 0.15) is 23.2 Å². The first-order valence-electron chi connectivity index (χ1n) is 6.86. The minimum atomic E-state index is -1.11. The third-order valence-corrected chi connectivity index (χ3v) is 3.61. The van der Waals surface area contributed by atoms with Gasteiger partial charge in [-0.05, 0) is 44.1 Å². The topological polar surface area (TPSA) is 81.7 Å². The van der Waals surface area contributed by atoms with Gasteiger partial charge in [0.25, 0.3) is 0 Å². The third-order valence-electron chi connectivity index (χ3n) is 3.37. The highest BCUT2D eigenvalue weighted by Gasteiger charge is 2.14. The van der Waals surface area contributed by atoms with Crippen LogP contribution in [0.25, 0.3) is 0 Å². The summed E-state index contributed by atoms with van der Waals surface area (Å²) in [7, 11) is 0. The second kappa shape index (κ2) is 7.28. The lowest BCUT2D eigenvalue weighted by atomic mass is 10.2. The van der Waals surface area contributed by atoms with Gasteiger partial charge in [0, 0.05) is 18.1 Å². The average molecular weight is 312 g/mol. The second-order valence-electron chi connectivity index (χ2n) is 4.92. The summed E-state index contributed by atoms with van der Waals surface area (Å²) in [5, 5.41) is 14.7. The van der Waals surface area contributed by atoms with Crippen LogP contribution < -0.4 is 10.6 Å². The van der Waals surface area contributed by atoms with Gasteiger partial charge in [-0.15, -0.1) is 0 Å². The van der Waals surface area contributed by atoms with Crippen molar-refractivity contribution in [3.05, 3.63) is 28.8 Å². The lowest BCUT2D eigenvalue weighted by Crippen LogP contribution is -2.36. The number of carboxylic acid groups (broad SMARTS) is 1. The number of nitrogens with zero attached hydrogens (tertiary/aromatic N) is 1. The molecule has 0 unspecified atom stereocenters. The van der Waals surface area contributed by atoms with E-state index >= 15 is 0 Å². The van der Waals surface area contributed by atoms with Gasteiger partial charge in [-0.25, -0.2) is 9.59 Å². The van der Waals surface area contributed by atoms with Crippen molar-refractivity contribution in [1.29, 1.82) is 0 Å². The van der Waals surface area contributed by atoms with Gasteiger partial charge in [0.05, 0.1) is 11.3 Å². The van der Waals surface area contributed by atoms with E-state index in [0.717, 1.165) is 19.6 Å². The maximum absolute atomic E-state index is 11.8. The van der Waals surface area contributed by atoms with E-state index in [1.54, 1.807) is 0 Å². The van der Waals surface area contributed by atoms with Gasteiger partial charge in [0.15, 0.2) is 0 Å². The molecule has 1 aromatic rings. The first-order chi connectivity index (χ1) is 10.1. The Labute approximate surface area is 128 Å². The number of rotatable bonds is 5. The molecular formula is C14H18ClN3O3. The van der Waals surface area contributed by atoms with Gasteiger partial charge >= 0.3 is 12.0 Å². The molecule has 21 heavy (non-hydrogen) atoms. The summed E-state index contributed by atoms with van der Waals surface area (Å²) in [6.07, 6.45) is 2.41. The zero-order valence-electron chi connectivity index (χ0n) is 11.6. The summed E-state index contributed by atoms with van der Waals surface area (Å²) in [6.45, 7) is 3.46. The van der Waals surface area contributed by atoms with Gasteiger partial charge in [-0.2, -0.15) is 0 Å². The Hall–Kier alpha value is -1.79. The SMILES string of the molecule is O=C(NCCN1CCCC1)Nc1cc(Cl)ccc1C(=O)O. The largest absolute Gasteiger partial charge is 0.478 e. The zero-order valence-corrected chi connectivity index (χ0v) is 12.3. The second-order valence-corrected chi connectivity index (χ2v) is 5.36. The lowest BCUT2D eigenvalue weighted by Gasteiger charge is -2.15. The molecule has 2 amide bonds. The highest BCUT2D eigenvalue weighted by atomic mass is 35.5. The first-order valence-corrected chi connectivity index (χ1v) is 7.24. The summed E-state index contributed by atoms with van der Waals surface area (Å²) in [4.78, 5) is 25.2. The van der Waals surface area contributed by atoms with Crippen LogP contribution in [0, 0.1) is 0 Å². The van der Waals surface area contributed by atoms with E-state index < -0.39 is 12.0 Å². The summed E-state index contributed by atoms with van der Waals surface area (Å²) >= 11 is 5.82. The van der Waals surface area contributed by atoms with Crippen molar-refractivity contribution in [2.75, 3.05) is 31.5 Å². The van der Waals surface area contributed by atoms with Crippen LogP contribution in [0.2, 0.25) is 5.02 Å². The van der Waals surface area contributed by atoms with E-state index in [9.17, 15) is 9.59 Å². The van der Waals surface area contributed by atoms with Crippen molar-refractivity contribution in [1.82, 2.24) is 10.2 Å². The normalized spacial score (nSPS) is 14.9. The Bertz CT molecular complexity index is 530. The van der Waals surface area contributed by atoms with Gasteiger partial charge < -0.3 is 20.6 Å².